The summed E-state index contributed by atoms with van der Waals surface area (Å²) in [7, 11) is 0. The monoisotopic (exact) mass is 495 g/mol. The number of rotatable bonds is 8. The Morgan fingerprint density at radius 2 is 1.69 bits per heavy atom. The van der Waals surface area contributed by atoms with Crippen molar-refractivity contribution in [2.75, 3.05) is 23.8 Å². The van der Waals surface area contributed by atoms with Crippen molar-refractivity contribution in [3.63, 3.8) is 0 Å². The van der Waals surface area contributed by atoms with Gasteiger partial charge in [0.05, 0.1) is 23.0 Å². The predicted molar refractivity (Wildman–Crippen MR) is 135 cm³/mol. The molecule has 0 aliphatic rings. The smallest absolute Gasteiger partial charge is 0.411 e. The number of amides is 2. The van der Waals surface area contributed by atoms with Crippen molar-refractivity contribution < 1.29 is 24.3 Å². The fraction of sp³-hybridized carbons (Fsp3) is 0.192. The number of carbonyl (C=O) groups is 3. The van der Waals surface area contributed by atoms with Crippen LogP contribution in [-0.4, -0.2) is 41.2 Å². The highest BCUT2D eigenvalue weighted by Gasteiger charge is 2.19. The highest BCUT2D eigenvalue weighted by molar-refractivity contribution is 6.35. The van der Waals surface area contributed by atoms with Gasteiger partial charge in [0.25, 0.3) is 5.91 Å². The van der Waals surface area contributed by atoms with Crippen LogP contribution < -0.4 is 10.6 Å². The quantitative estimate of drug-likeness (QED) is 0.200. The van der Waals surface area contributed by atoms with E-state index >= 15 is 0 Å². The van der Waals surface area contributed by atoms with E-state index in [4.69, 9.17) is 16.3 Å². The number of benzene rings is 3. The van der Waals surface area contributed by atoms with Crippen LogP contribution in [0.25, 0.3) is 0 Å². The maximum atomic E-state index is 13.3. The summed E-state index contributed by atoms with van der Waals surface area (Å²) in [6.07, 6.45) is -0.569. The first-order valence-corrected chi connectivity index (χ1v) is 11.4. The van der Waals surface area contributed by atoms with Crippen LogP contribution in [0.2, 0.25) is 5.02 Å². The molecule has 0 radical (unpaired) electrons. The molecule has 3 rings (SSSR count). The summed E-state index contributed by atoms with van der Waals surface area (Å²) in [6, 6.07) is 16.6. The lowest BCUT2D eigenvalue weighted by Crippen LogP contribution is -2.27. The third-order valence-corrected chi connectivity index (χ3v) is 5.51. The molecule has 0 unspecified atom stereocenters. The van der Waals surface area contributed by atoms with Gasteiger partial charge in [-0.25, -0.2) is 9.86 Å². The average Bonchev–Trinajstić information content (AvgIpc) is 2.84. The van der Waals surface area contributed by atoms with Crippen molar-refractivity contribution in [3.05, 3.63) is 87.9 Å². The van der Waals surface area contributed by atoms with Gasteiger partial charge in [0, 0.05) is 28.9 Å². The van der Waals surface area contributed by atoms with E-state index in [1.54, 1.807) is 75.4 Å². The number of nitrogens with zero attached hydrogens (tertiary/aromatic N) is 1. The number of para-hydroxylation sites is 2. The van der Waals surface area contributed by atoms with Crippen molar-refractivity contribution in [3.8, 4) is 0 Å². The van der Waals surface area contributed by atoms with Crippen LogP contribution >= 0.6 is 11.6 Å². The predicted octanol–water partition coefficient (Wildman–Crippen LogP) is 6.04. The van der Waals surface area contributed by atoms with E-state index < -0.39 is 12.0 Å². The van der Waals surface area contributed by atoms with Gasteiger partial charge in [-0.2, -0.15) is 0 Å². The molecule has 0 bridgehead atoms. The number of nitrogens with one attached hydrogen (secondary N) is 2. The molecule has 0 aromatic heterocycles. The van der Waals surface area contributed by atoms with E-state index in [9.17, 15) is 19.6 Å². The van der Waals surface area contributed by atoms with E-state index in [1.807, 2.05) is 0 Å². The Hall–Kier alpha value is -3.88. The van der Waals surface area contributed by atoms with Crippen molar-refractivity contribution in [1.82, 2.24) is 5.06 Å². The second-order valence-corrected chi connectivity index (χ2v) is 8.00. The number of hydrogen-bond donors (Lipinski definition) is 3. The number of hydrogen-bond acceptors (Lipinski definition) is 6. The van der Waals surface area contributed by atoms with Gasteiger partial charge in [0.1, 0.15) is 0 Å². The van der Waals surface area contributed by atoms with Gasteiger partial charge in [-0.15, -0.1) is 0 Å². The molecule has 0 saturated carbocycles. The number of hydroxylamine groups is 2. The van der Waals surface area contributed by atoms with E-state index in [1.165, 1.54) is 6.07 Å². The van der Waals surface area contributed by atoms with Crippen LogP contribution in [0.1, 0.15) is 45.7 Å². The largest absolute Gasteiger partial charge is 0.450 e. The Balaban J connectivity index is 1.85. The molecule has 8 nitrogen and oxygen atoms in total. The van der Waals surface area contributed by atoms with Crippen molar-refractivity contribution in [2.45, 2.75) is 20.8 Å². The molecule has 182 valence electrons. The fourth-order valence-corrected chi connectivity index (χ4v) is 3.61. The third-order valence-electron chi connectivity index (χ3n) is 5.20. The molecule has 0 heterocycles. The zero-order valence-electron chi connectivity index (χ0n) is 19.6. The lowest BCUT2D eigenvalue weighted by atomic mass is 9.96. The summed E-state index contributed by atoms with van der Waals surface area (Å²) in [5.74, 6) is -0.943. The molecule has 3 aromatic rings. The maximum Gasteiger partial charge on any atom is 0.411 e. The average molecular weight is 496 g/mol. The normalized spacial score (nSPS) is 10.4. The molecule has 3 aromatic carbocycles. The van der Waals surface area contributed by atoms with E-state index in [2.05, 4.69) is 10.6 Å². The standard InChI is InChI=1S/C26H26ClN3O5/c1-4-30(34)25(32)17-11-10-16(3)20(14-17)24(31)19-13-12-18(15-21(19)27)28-22-8-6-7-9-23(22)29-26(33)35-5-2/h6-15,28,34H,4-5H2,1-3H3,(H,29,33). The van der Waals surface area contributed by atoms with Gasteiger partial charge in [-0.3, -0.25) is 20.1 Å². The van der Waals surface area contributed by atoms with Crippen LogP contribution in [0.3, 0.4) is 0 Å². The van der Waals surface area contributed by atoms with E-state index in [0.717, 1.165) is 0 Å². The van der Waals surface area contributed by atoms with E-state index in [0.29, 0.717) is 33.3 Å². The first-order chi connectivity index (χ1) is 16.7. The topological polar surface area (TPSA) is 108 Å². The van der Waals surface area contributed by atoms with Gasteiger partial charge >= 0.3 is 6.09 Å². The molecule has 9 heteroatoms. The minimum atomic E-state index is -0.595. The van der Waals surface area contributed by atoms with Crippen LogP contribution in [0.5, 0.6) is 0 Å². The number of ether oxygens (including phenoxy) is 1. The maximum absolute atomic E-state index is 13.3. The highest BCUT2D eigenvalue weighted by atomic mass is 35.5. The van der Waals surface area contributed by atoms with Gasteiger partial charge in [-0.05, 0) is 68.8 Å². The van der Waals surface area contributed by atoms with E-state index in [-0.39, 0.29) is 35.1 Å². The SMILES string of the molecule is CCOC(=O)Nc1ccccc1Nc1ccc(C(=O)c2cc(C(=O)N(O)CC)ccc2C)c(Cl)c1. The summed E-state index contributed by atoms with van der Waals surface area (Å²) in [5.41, 5.74) is 3.18. The summed E-state index contributed by atoms with van der Waals surface area (Å²) in [4.78, 5) is 37.4. The number of halogens is 1. The summed E-state index contributed by atoms with van der Waals surface area (Å²) in [5, 5.41) is 16.4. The molecule has 0 aliphatic heterocycles. The highest BCUT2D eigenvalue weighted by Crippen LogP contribution is 2.30. The molecule has 2 amide bonds. The molecule has 35 heavy (non-hydrogen) atoms. The molecule has 0 saturated heterocycles. The molecule has 0 aliphatic carbocycles. The number of ketones is 1. The van der Waals surface area contributed by atoms with Gasteiger partial charge in [0.15, 0.2) is 5.78 Å². The Morgan fingerprint density at radius 1 is 0.971 bits per heavy atom. The number of anilines is 3. The molecule has 0 spiro atoms. The molecular weight excluding hydrogens is 470 g/mol. The van der Waals surface area contributed by atoms with Gasteiger partial charge < -0.3 is 10.1 Å². The first-order valence-electron chi connectivity index (χ1n) is 11.0. The zero-order chi connectivity index (χ0) is 25.5. The summed E-state index contributed by atoms with van der Waals surface area (Å²) < 4.78 is 4.93. The third kappa shape index (κ3) is 6.17. The molecule has 0 fully saturated rings. The van der Waals surface area contributed by atoms with Crippen LogP contribution in [0, 0.1) is 6.92 Å². The van der Waals surface area contributed by atoms with Crippen LogP contribution in [0.4, 0.5) is 21.9 Å². The molecular formula is C26H26ClN3O5. The summed E-state index contributed by atoms with van der Waals surface area (Å²) in [6.45, 7) is 5.49. The first kappa shape index (κ1) is 25.7. The fourth-order valence-electron chi connectivity index (χ4n) is 3.35. The molecule has 3 N–H and O–H groups in total. The lowest BCUT2D eigenvalue weighted by Gasteiger charge is -2.15. The van der Waals surface area contributed by atoms with Crippen LogP contribution in [0.15, 0.2) is 60.7 Å². The lowest BCUT2D eigenvalue weighted by molar-refractivity contribution is -0.0541. The minimum absolute atomic E-state index is 0.120. The second-order valence-electron chi connectivity index (χ2n) is 7.59. The van der Waals surface area contributed by atoms with Crippen molar-refractivity contribution >= 4 is 46.4 Å². The Bertz CT molecular complexity index is 1260. The van der Waals surface area contributed by atoms with Crippen LogP contribution in [-0.2, 0) is 4.74 Å². The summed E-state index contributed by atoms with van der Waals surface area (Å²) >= 11 is 6.47. The number of aryl methyl sites for hydroxylation is 1. The zero-order valence-corrected chi connectivity index (χ0v) is 20.3. The Kier molecular flexibility index (Phi) is 8.46. The van der Waals surface area contributed by atoms with Crippen molar-refractivity contribution in [1.29, 1.82) is 0 Å². The van der Waals surface area contributed by atoms with Gasteiger partial charge in [-0.1, -0.05) is 29.8 Å². The van der Waals surface area contributed by atoms with Crippen molar-refractivity contribution in [2.24, 2.45) is 0 Å². The molecule has 0 atom stereocenters. The Labute approximate surface area is 208 Å². The van der Waals surface area contributed by atoms with Gasteiger partial charge in [0.2, 0.25) is 0 Å². The second kappa shape index (κ2) is 11.5. The minimum Gasteiger partial charge on any atom is -0.450 e. The number of carbonyl (C=O) groups excluding carboxylic acids is 3. The Morgan fingerprint density at radius 3 is 2.34 bits per heavy atom.